The topological polar surface area (TPSA) is 35.2 Å². The molecule has 0 amide bonds. The lowest BCUT2D eigenvalue weighted by Gasteiger charge is -2.12. The molecule has 2 N–H and O–H groups in total. The van der Waals surface area contributed by atoms with Crippen molar-refractivity contribution < 1.29 is 4.74 Å². The van der Waals surface area contributed by atoms with Gasteiger partial charge in [0, 0.05) is 6.04 Å². The number of rotatable bonds is 6. The number of nitrogens with two attached hydrogens (primary N) is 1. The molecule has 0 saturated carbocycles. The molecule has 0 aliphatic heterocycles. The Hall–Kier alpha value is -1.02. The van der Waals surface area contributed by atoms with E-state index in [0.717, 1.165) is 12.2 Å². The average Bonchev–Trinajstić information content (AvgIpc) is 2.29. The van der Waals surface area contributed by atoms with Gasteiger partial charge in [-0.3, -0.25) is 0 Å². The molecule has 0 aliphatic carbocycles. The summed E-state index contributed by atoms with van der Waals surface area (Å²) < 4.78 is 5.18. The van der Waals surface area contributed by atoms with Gasteiger partial charge in [-0.05, 0) is 24.1 Å². The van der Waals surface area contributed by atoms with Crippen molar-refractivity contribution in [2.75, 3.05) is 7.11 Å². The standard InChI is InChI=1S/C13H21NO/c1-3-4-5-9-13(14)11-7-6-8-12(10-11)15-2/h6-8,10,13H,3-5,9,14H2,1-2H3/t13-/m1/s1. The highest BCUT2D eigenvalue weighted by Crippen LogP contribution is 2.21. The Morgan fingerprint density at radius 1 is 1.33 bits per heavy atom. The van der Waals surface area contributed by atoms with Gasteiger partial charge in [0.25, 0.3) is 0 Å². The Labute approximate surface area is 92.4 Å². The number of unbranched alkanes of at least 4 members (excludes halogenated alkanes) is 2. The van der Waals surface area contributed by atoms with Crippen LogP contribution in [0.1, 0.15) is 44.2 Å². The zero-order valence-electron chi connectivity index (χ0n) is 9.70. The maximum absolute atomic E-state index is 6.10. The van der Waals surface area contributed by atoms with Gasteiger partial charge in [0.05, 0.1) is 7.11 Å². The van der Waals surface area contributed by atoms with Crippen molar-refractivity contribution in [2.24, 2.45) is 5.73 Å². The fourth-order valence-electron chi connectivity index (χ4n) is 1.65. The second-order valence-electron chi connectivity index (χ2n) is 3.88. The van der Waals surface area contributed by atoms with Gasteiger partial charge < -0.3 is 10.5 Å². The highest BCUT2D eigenvalue weighted by atomic mass is 16.5. The second-order valence-corrected chi connectivity index (χ2v) is 3.88. The zero-order valence-corrected chi connectivity index (χ0v) is 9.70. The Morgan fingerprint density at radius 3 is 2.80 bits per heavy atom. The van der Waals surface area contributed by atoms with E-state index in [2.05, 4.69) is 13.0 Å². The molecule has 2 heteroatoms. The maximum atomic E-state index is 6.10. The normalized spacial score (nSPS) is 12.5. The molecule has 1 aromatic carbocycles. The van der Waals surface area contributed by atoms with Gasteiger partial charge in [0.15, 0.2) is 0 Å². The molecule has 15 heavy (non-hydrogen) atoms. The Morgan fingerprint density at radius 2 is 2.13 bits per heavy atom. The smallest absolute Gasteiger partial charge is 0.119 e. The highest BCUT2D eigenvalue weighted by Gasteiger charge is 2.05. The van der Waals surface area contributed by atoms with E-state index in [1.807, 2.05) is 18.2 Å². The third kappa shape index (κ3) is 3.92. The fraction of sp³-hybridized carbons (Fsp3) is 0.538. The molecule has 0 bridgehead atoms. The average molecular weight is 207 g/mol. The van der Waals surface area contributed by atoms with Crippen molar-refractivity contribution >= 4 is 0 Å². The van der Waals surface area contributed by atoms with Crippen molar-refractivity contribution in [3.63, 3.8) is 0 Å². The van der Waals surface area contributed by atoms with Gasteiger partial charge in [-0.25, -0.2) is 0 Å². The van der Waals surface area contributed by atoms with E-state index in [1.54, 1.807) is 7.11 Å². The van der Waals surface area contributed by atoms with Crippen LogP contribution in [-0.2, 0) is 0 Å². The SMILES string of the molecule is CCCCC[C@@H](N)c1cccc(OC)c1. The molecular formula is C13H21NO. The summed E-state index contributed by atoms with van der Waals surface area (Å²) in [5.41, 5.74) is 7.28. The van der Waals surface area contributed by atoms with Crippen LogP contribution in [-0.4, -0.2) is 7.11 Å². The number of methoxy groups -OCH3 is 1. The summed E-state index contributed by atoms with van der Waals surface area (Å²) in [4.78, 5) is 0. The lowest BCUT2D eigenvalue weighted by atomic mass is 10.0. The molecule has 1 atom stereocenters. The summed E-state index contributed by atoms with van der Waals surface area (Å²) in [5.74, 6) is 0.887. The van der Waals surface area contributed by atoms with Crippen molar-refractivity contribution in [3.8, 4) is 5.75 Å². The number of hydrogen-bond acceptors (Lipinski definition) is 2. The molecular weight excluding hydrogens is 186 g/mol. The third-order valence-electron chi connectivity index (χ3n) is 2.64. The predicted octanol–water partition coefficient (Wildman–Crippen LogP) is 3.28. The van der Waals surface area contributed by atoms with Gasteiger partial charge >= 0.3 is 0 Å². The molecule has 0 spiro atoms. The molecule has 0 aromatic heterocycles. The van der Waals surface area contributed by atoms with Crippen molar-refractivity contribution in [2.45, 2.75) is 38.6 Å². The van der Waals surface area contributed by atoms with Crippen LogP contribution >= 0.6 is 0 Å². The summed E-state index contributed by atoms with van der Waals surface area (Å²) >= 11 is 0. The van der Waals surface area contributed by atoms with Crippen LogP contribution in [0.5, 0.6) is 5.75 Å². The lowest BCUT2D eigenvalue weighted by molar-refractivity contribution is 0.413. The van der Waals surface area contributed by atoms with Crippen LogP contribution in [0.2, 0.25) is 0 Å². The maximum Gasteiger partial charge on any atom is 0.119 e. The molecule has 0 heterocycles. The summed E-state index contributed by atoms with van der Waals surface area (Å²) in [6.45, 7) is 2.21. The molecule has 0 unspecified atom stereocenters. The van der Waals surface area contributed by atoms with Crippen LogP contribution in [0, 0.1) is 0 Å². The first-order valence-electron chi connectivity index (χ1n) is 5.67. The van der Waals surface area contributed by atoms with Gasteiger partial charge in [-0.2, -0.15) is 0 Å². The van der Waals surface area contributed by atoms with E-state index in [4.69, 9.17) is 10.5 Å². The molecule has 0 saturated heterocycles. The van der Waals surface area contributed by atoms with E-state index in [9.17, 15) is 0 Å². The van der Waals surface area contributed by atoms with E-state index in [-0.39, 0.29) is 6.04 Å². The molecule has 0 fully saturated rings. The molecule has 0 radical (unpaired) electrons. The minimum atomic E-state index is 0.145. The van der Waals surface area contributed by atoms with Crippen LogP contribution in [0.15, 0.2) is 24.3 Å². The molecule has 2 nitrogen and oxygen atoms in total. The van der Waals surface area contributed by atoms with E-state index in [1.165, 1.54) is 24.8 Å². The highest BCUT2D eigenvalue weighted by molar-refractivity contribution is 5.30. The van der Waals surface area contributed by atoms with Gasteiger partial charge in [-0.1, -0.05) is 38.3 Å². The van der Waals surface area contributed by atoms with Crippen LogP contribution in [0.3, 0.4) is 0 Å². The van der Waals surface area contributed by atoms with Crippen LogP contribution in [0.4, 0.5) is 0 Å². The molecule has 1 rings (SSSR count). The first-order valence-corrected chi connectivity index (χ1v) is 5.67. The Balaban J connectivity index is 2.52. The van der Waals surface area contributed by atoms with Crippen molar-refractivity contribution in [1.29, 1.82) is 0 Å². The molecule has 0 aliphatic rings. The predicted molar refractivity (Wildman–Crippen MR) is 64.1 cm³/mol. The summed E-state index contributed by atoms with van der Waals surface area (Å²) in [6.07, 6.45) is 4.76. The number of ether oxygens (including phenoxy) is 1. The second kappa shape index (κ2) is 6.46. The van der Waals surface area contributed by atoms with E-state index in [0.29, 0.717) is 0 Å². The monoisotopic (exact) mass is 207 g/mol. The Kier molecular flexibility index (Phi) is 5.19. The van der Waals surface area contributed by atoms with Crippen LogP contribution in [0.25, 0.3) is 0 Å². The minimum absolute atomic E-state index is 0.145. The lowest BCUT2D eigenvalue weighted by Crippen LogP contribution is -2.10. The molecule has 1 aromatic rings. The molecule has 84 valence electrons. The first kappa shape index (κ1) is 12.1. The quantitative estimate of drug-likeness (QED) is 0.726. The summed E-state index contributed by atoms with van der Waals surface area (Å²) in [7, 11) is 1.68. The summed E-state index contributed by atoms with van der Waals surface area (Å²) in [5, 5.41) is 0. The van der Waals surface area contributed by atoms with Crippen LogP contribution < -0.4 is 10.5 Å². The van der Waals surface area contributed by atoms with E-state index >= 15 is 0 Å². The fourth-order valence-corrected chi connectivity index (χ4v) is 1.65. The number of benzene rings is 1. The first-order chi connectivity index (χ1) is 7.27. The van der Waals surface area contributed by atoms with E-state index < -0.39 is 0 Å². The zero-order chi connectivity index (χ0) is 11.1. The largest absolute Gasteiger partial charge is 0.497 e. The summed E-state index contributed by atoms with van der Waals surface area (Å²) in [6, 6.07) is 8.18. The van der Waals surface area contributed by atoms with Gasteiger partial charge in [0.1, 0.15) is 5.75 Å². The van der Waals surface area contributed by atoms with Crippen molar-refractivity contribution in [3.05, 3.63) is 29.8 Å². The van der Waals surface area contributed by atoms with Crippen molar-refractivity contribution in [1.82, 2.24) is 0 Å². The Bertz CT molecular complexity index is 286. The number of hydrogen-bond donors (Lipinski definition) is 1. The van der Waals surface area contributed by atoms with Gasteiger partial charge in [-0.15, -0.1) is 0 Å². The third-order valence-corrected chi connectivity index (χ3v) is 2.64. The minimum Gasteiger partial charge on any atom is -0.497 e. The van der Waals surface area contributed by atoms with Gasteiger partial charge in [0.2, 0.25) is 0 Å².